The third-order valence-corrected chi connectivity index (χ3v) is 4.09. The summed E-state index contributed by atoms with van der Waals surface area (Å²) in [7, 11) is 0. The fourth-order valence-electron chi connectivity index (χ4n) is 1.65. The van der Waals surface area contributed by atoms with E-state index in [-0.39, 0.29) is 6.04 Å². The van der Waals surface area contributed by atoms with Gasteiger partial charge in [0.1, 0.15) is 0 Å². The zero-order valence-corrected chi connectivity index (χ0v) is 11.8. The smallest absolute Gasteiger partial charge is 0.0409 e. The first kappa shape index (κ1) is 13.5. The highest BCUT2D eigenvalue weighted by Crippen LogP contribution is 2.24. The van der Waals surface area contributed by atoms with Crippen molar-refractivity contribution in [3.05, 3.63) is 64.7 Å². The van der Waals surface area contributed by atoms with E-state index in [4.69, 9.17) is 17.3 Å². The number of halogens is 1. The van der Waals surface area contributed by atoms with E-state index in [2.05, 4.69) is 31.2 Å². The maximum absolute atomic E-state index is 6.16. The molecule has 18 heavy (non-hydrogen) atoms. The molecule has 0 heterocycles. The van der Waals surface area contributed by atoms with Crippen molar-refractivity contribution < 1.29 is 0 Å². The molecule has 0 aromatic heterocycles. The fraction of sp³-hybridized carbons (Fsp3) is 0.200. The number of rotatable bonds is 4. The summed E-state index contributed by atoms with van der Waals surface area (Å²) in [5.74, 6) is 0.851. The SMILES string of the molecule is Cc1ccc(SCC(N)c2cccc(Cl)c2)cc1. The molecule has 1 unspecified atom stereocenters. The highest BCUT2D eigenvalue weighted by Gasteiger charge is 2.07. The summed E-state index contributed by atoms with van der Waals surface area (Å²) >= 11 is 7.73. The fourth-order valence-corrected chi connectivity index (χ4v) is 2.75. The number of hydrogen-bond acceptors (Lipinski definition) is 2. The Morgan fingerprint density at radius 3 is 2.56 bits per heavy atom. The van der Waals surface area contributed by atoms with Gasteiger partial charge in [0, 0.05) is 21.7 Å². The first-order chi connectivity index (χ1) is 8.65. The molecular weight excluding hydrogens is 262 g/mol. The monoisotopic (exact) mass is 277 g/mol. The Morgan fingerprint density at radius 1 is 1.17 bits per heavy atom. The van der Waals surface area contributed by atoms with E-state index in [9.17, 15) is 0 Å². The van der Waals surface area contributed by atoms with Crippen LogP contribution in [0.3, 0.4) is 0 Å². The Morgan fingerprint density at radius 2 is 1.89 bits per heavy atom. The van der Waals surface area contributed by atoms with Crippen LogP contribution in [0.2, 0.25) is 5.02 Å². The molecule has 2 aromatic carbocycles. The van der Waals surface area contributed by atoms with Gasteiger partial charge in [-0.1, -0.05) is 41.4 Å². The van der Waals surface area contributed by atoms with Gasteiger partial charge in [0.2, 0.25) is 0 Å². The van der Waals surface area contributed by atoms with E-state index in [0.717, 1.165) is 16.3 Å². The van der Waals surface area contributed by atoms with E-state index in [1.54, 1.807) is 11.8 Å². The van der Waals surface area contributed by atoms with Gasteiger partial charge < -0.3 is 5.73 Å². The molecule has 0 saturated carbocycles. The van der Waals surface area contributed by atoms with Crippen LogP contribution in [0, 0.1) is 6.92 Å². The van der Waals surface area contributed by atoms with Crippen molar-refractivity contribution in [1.82, 2.24) is 0 Å². The van der Waals surface area contributed by atoms with Gasteiger partial charge in [-0.15, -0.1) is 11.8 Å². The minimum absolute atomic E-state index is 0.00926. The van der Waals surface area contributed by atoms with Crippen LogP contribution in [-0.2, 0) is 0 Å². The summed E-state index contributed by atoms with van der Waals surface area (Å²) in [4.78, 5) is 1.25. The number of aryl methyl sites for hydroxylation is 1. The average molecular weight is 278 g/mol. The second-order valence-electron chi connectivity index (χ2n) is 4.29. The summed E-state index contributed by atoms with van der Waals surface area (Å²) in [6.45, 7) is 2.09. The zero-order valence-electron chi connectivity index (χ0n) is 10.3. The van der Waals surface area contributed by atoms with Crippen molar-refractivity contribution in [1.29, 1.82) is 0 Å². The van der Waals surface area contributed by atoms with Gasteiger partial charge in [-0.3, -0.25) is 0 Å². The predicted molar refractivity (Wildman–Crippen MR) is 80.3 cm³/mol. The van der Waals surface area contributed by atoms with Gasteiger partial charge in [-0.25, -0.2) is 0 Å². The molecule has 0 amide bonds. The second kappa shape index (κ2) is 6.28. The minimum atomic E-state index is 0.00926. The van der Waals surface area contributed by atoms with Crippen LogP contribution in [0.5, 0.6) is 0 Å². The lowest BCUT2D eigenvalue weighted by Crippen LogP contribution is -2.12. The molecule has 0 aliphatic rings. The van der Waals surface area contributed by atoms with Gasteiger partial charge in [0.15, 0.2) is 0 Å². The molecule has 0 spiro atoms. The van der Waals surface area contributed by atoms with Crippen molar-refractivity contribution in [3.8, 4) is 0 Å². The Labute approximate surface area is 117 Å². The van der Waals surface area contributed by atoms with Gasteiger partial charge in [0.05, 0.1) is 0 Å². The van der Waals surface area contributed by atoms with Crippen molar-refractivity contribution in [2.45, 2.75) is 17.9 Å². The minimum Gasteiger partial charge on any atom is -0.323 e. The zero-order chi connectivity index (χ0) is 13.0. The lowest BCUT2D eigenvalue weighted by molar-refractivity contribution is 0.831. The molecule has 1 atom stereocenters. The van der Waals surface area contributed by atoms with Crippen LogP contribution < -0.4 is 5.73 Å². The molecule has 0 bridgehead atoms. The molecule has 0 radical (unpaired) electrons. The Kier molecular flexibility index (Phi) is 4.70. The highest BCUT2D eigenvalue weighted by atomic mass is 35.5. The molecule has 3 heteroatoms. The van der Waals surface area contributed by atoms with E-state index >= 15 is 0 Å². The quantitative estimate of drug-likeness (QED) is 0.836. The van der Waals surface area contributed by atoms with Gasteiger partial charge in [-0.2, -0.15) is 0 Å². The molecule has 2 N–H and O–H groups in total. The number of thioether (sulfide) groups is 1. The predicted octanol–water partition coefficient (Wildman–Crippen LogP) is 4.44. The molecule has 0 fully saturated rings. The Balaban J connectivity index is 1.96. The lowest BCUT2D eigenvalue weighted by Gasteiger charge is -2.12. The van der Waals surface area contributed by atoms with E-state index in [1.807, 2.05) is 24.3 Å². The summed E-state index contributed by atoms with van der Waals surface area (Å²) in [5, 5.41) is 0.739. The molecule has 0 saturated heterocycles. The van der Waals surface area contributed by atoms with Crippen LogP contribution >= 0.6 is 23.4 Å². The van der Waals surface area contributed by atoms with Crippen LogP contribution in [0.1, 0.15) is 17.2 Å². The maximum atomic E-state index is 6.16. The highest BCUT2D eigenvalue weighted by molar-refractivity contribution is 7.99. The van der Waals surface area contributed by atoms with Gasteiger partial charge in [0.25, 0.3) is 0 Å². The van der Waals surface area contributed by atoms with E-state index < -0.39 is 0 Å². The first-order valence-electron chi connectivity index (χ1n) is 5.85. The Hall–Kier alpha value is -0.960. The number of nitrogens with two attached hydrogens (primary N) is 1. The first-order valence-corrected chi connectivity index (χ1v) is 7.22. The second-order valence-corrected chi connectivity index (χ2v) is 5.82. The van der Waals surface area contributed by atoms with Crippen molar-refractivity contribution in [3.63, 3.8) is 0 Å². The summed E-state index contributed by atoms with van der Waals surface area (Å²) in [5.41, 5.74) is 8.52. The molecule has 0 aliphatic heterocycles. The van der Waals surface area contributed by atoms with E-state index in [1.165, 1.54) is 10.5 Å². The topological polar surface area (TPSA) is 26.0 Å². The molecular formula is C15H16ClNS. The van der Waals surface area contributed by atoms with Crippen molar-refractivity contribution in [2.24, 2.45) is 5.73 Å². The van der Waals surface area contributed by atoms with Gasteiger partial charge in [-0.05, 0) is 36.8 Å². The van der Waals surface area contributed by atoms with Crippen LogP contribution in [0.15, 0.2) is 53.4 Å². The summed E-state index contributed by atoms with van der Waals surface area (Å²) in [6.07, 6.45) is 0. The molecule has 94 valence electrons. The molecule has 0 aliphatic carbocycles. The standard InChI is InChI=1S/C15H16ClNS/c1-11-5-7-14(8-6-11)18-10-15(17)12-3-2-4-13(16)9-12/h2-9,15H,10,17H2,1H3. The largest absolute Gasteiger partial charge is 0.323 e. The third-order valence-electron chi connectivity index (χ3n) is 2.73. The van der Waals surface area contributed by atoms with Crippen LogP contribution in [-0.4, -0.2) is 5.75 Å². The number of benzene rings is 2. The average Bonchev–Trinajstić information content (AvgIpc) is 2.38. The molecule has 1 nitrogen and oxygen atoms in total. The van der Waals surface area contributed by atoms with Crippen molar-refractivity contribution in [2.75, 3.05) is 5.75 Å². The summed E-state index contributed by atoms with van der Waals surface area (Å²) < 4.78 is 0. The van der Waals surface area contributed by atoms with E-state index in [0.29, 0.717) is 0 Å². The maximum Gasteiger partial charge on any atom is 0.0409 e. The Bertz CT molecular complexity index is 510. The summed E-state index contributed by atoms with van der Waals surface area (Å²) in [6, 6.07) is 16.3. The normalized spacial score (nSPS) is 12.4. The van der Waals surface area contributed by atoms with Crippen molar-refractivity contribution >= 4 is 23.4 Å². The lowest BCUT2D eigenvalue weighted by atomic mass is 10.1. The molecule has 2 aromatic rings. The van der Waals surface area contributed by atoms with Crippen LogP contribution in [0.4, 0.5) is 0 Å². The molecule has 2 rings (SSSR count). The number of hydrogen-bond donors (Lipinski definition) is 1. The third kappa shape index (κ3) is 3.77. The van der Waals surface area contributed by atoms with Gasteiger partial charge >= 0.3 is 0 Å². The van der Waals surface area contributed by atoms with Crippen LogP contribution in [0.25, 0.3) is 0 Å².